The number of unbranched alkanes of at least 4 members (excludes halogenated alkanes) is 2. The van der Waals surface area contributed by atoms with E-state index in [-0.39, 0.29) is 31.5 Å². The first-order valence-corrected chi connectivity index (χ1v) is 12.6. The van der Waals surface area contributed by atoms with E-state index in [2.05, 4.69) is 22.5 Å². The minimum Gasteiger partial charge on any atom is -0.497 e. The van der Waals surface area contributed by atoms with Crippen LogP contribution in [0.5, 0.6) is 5.75 Å². The molecule has 2 N–H and O–H groups in total. The predicted octanol–water partition coefficient (Wildman–Crippen LogP) is 3.94. The maximum absolute atomic E-state index is 12.9. The van der Waals surface area contributed by atoms with Crippen molar-refractivity contribution in [3.05, 3.63) is 72.1 Å². The lowest BCUT2D eigenvalue weighted by Crippen LogP contribution is -2.43. The first kappa shape index (κ1) is 28.4. The van der Waals surface area contributed by atoms with Gasteiger partial charge in [-0.25, -0.2) is 5.06 Å². The topological polar surface area (TPSA) is 123 Å². The smallest absolute Gasteiger partial charge is 0.288 e. The van der Waals surface area contributed by atoms with E-state index in [1.54, 1.807) is 31.5 Å². The highest BCUT2D eigenvalue weighted by atomic mass is 16.7. The Labute approximate surface area is 222 Å². The second-order valence-electron chi connectivity index (χ2n) is 8.63. The quantitative estimate of drug-likeness (QED) is 0.126. The number of carbonyl (C=O) groups is 3. The van der Waals surface area contributed by atoms with Crippen molar-refractivity contribution in [1.82, 2.24) is 20.7 Å². The summed E-state index contributed by atoms with van der Waals surface area (Å²) in [6.45, 7) is 2.31. The molecule has 3 amide bonds. The maximum Gasteiger partial charge on any atom is 0.288 e. The van der Waals surface area contributed by atoms with E-state index < -0.39 is 11.8 Å². The van der Waals surface area contributed by atoms with Gasteiger partial charge < -0.3 is 19.8 Å². The number of rotatable bonds is 16. The molecule has 0 spiro atoms. The van der Waals surface area contributed by atoms with Gasteiger partial charge in [0.1, 0.15) is 18.1 Å². The number of furan rings is 1. The normalized spacial score (nSPS) is 11.4. The van der Waals surface area contributed by atoms with Crippen LogP contribution in [0.25, 0.3) is 11.5 Å². The van der Waals surface area contributed by atoms with E-state index in [1.165, 1.54) is 6.07 Å². The summed E-state index contributed by atoms with van der Waals surface area (Å²) in [6.07, 6.45) is 5.55. The molecule has 0 saturated carbocycles. The van der Waals surface area contributed by atoms with Gasteiger partial charge in [0, 0.05) is 12.3 Å². The molecule has 1 aromatic carbocycles. The fraction of sp³-hybridized carbons (Fsp3) is 0.357. The van der Waals surface area contributed by atoms with Gasteiger partial charge in [-0.1, -0.05) is 56.5 Å². The van der Waals surface area contributed by atoms with Crippen molar-refractivity contribution >= 4 is 18.2 Å². The molecule has 3 rings (SSSR count). The number of aromatic nitrogens is 1. The molecule has 0 bridgehead atoms. The summed E-state index contributed by atoms with van der Waals surface area (Å²) in [6, 6.07) is 16.1. The minimum absolute atomic E-state index is 0.0832. The maximum atomic E-state index is 12.9. The van der Waals surface area contributed by atoms with Crippen LogP contribution in [0.1, 0.15) is 48.7 Å². The molecule has 0 aliphatic heterocycles. The standard InChI is InChI=1S/C28H34N4O6/c1-3-4-6-11-22(17-32(20-33)37-18-21-9-7-5-8-10-21)27(34)30-19-31-28(35)26-13-12-25(38-26)24-16-23(36-2)14-15-29-24/h5,7-10,12-16,20,22H,3-4,6,11,17-19H2,1-2H3,(H,30,34)(H,31,35). The Bertz CT molecular complexity index is 1170. The van der Waals surface area contributed by atoms with Crippen LogP contribution in [0.2, 0.25) is 0 Å². The third-order valence-electron chi connectivity index (χ3n) is 5.85. The van der Waals surface area contributed by atoms with Crippen molar-refractivity contribution in [2.45, 2.75) is 39.2 Å². The lowest BCUT2D eigenvalue weighted by atomic mass is 10.0. The number of hydrogen-bond donors (Lipinski definition) is 2. The van der Waals surface area contributed by atoms with Gasteiger partial charge in [0.15, 0.2) is 11.5 Å². The summed E-state index contributed by atoms with van der Waals surface area (Å²) in [5.41, 5.74) is 1.44. The summed E-state index contributed by atoms with van der Waals surface area (Å²) in [7, 11) is 1.55. The second-order valence-corrected chi connectivity index (χ2v) is 8.63. The summed E-state index contributed by atoms with van der Waals surface area (Å²) in [5, 5.41) is 6.51. The molecular weight excluding hydrogens is 488 g/mol. The summed E-state index contributed by atoms with van der Waals surface area (Å²) >= 11 is 0. The molecule has 38 heavy (non-hydrogen) atoms. The van der Waals surface area contributed by atoms with Gasteiger partial charge in [0.2, 0.25) is 12.3 Å². The van der Waals surface area contributed by atoms with Crippen LogP contribution >= 0.6 is 0 Å². The van der Waals surface area contributed by atoms with Crippen molar-refractivity contribution in [3.63, 3.8) is 0 Å². The number of carbonyl (C=O) groups excluding carboxylic acids is 3. The molecule has 1 unspecified atom stereocenters. The number of nitrogens with zero attached hydrogens (tertiary/aromatic N) is 2. The first-order valence-electron chi connectivity index (χ1n) is 12.6. The SMILES string of the molecule is CCCCCC(CN(C=O)OCc1ccccc1)C(=O)NCNC(=O)c1ccc(-c2cc(OC)ccn2)o1. The molecule has 10 nitrogen and oxygen atoms in total. The molecule has 0 aliphatic carbocycles. The van der Waals surface area contributed by atoms with Gasteiger partial charge in [0.05, 0.1) is 26.2 Å². The molecule has 202 valence electrons. The summed E-state index contributed by atoms with van der Waals surface area (Å²) < 4.78 is 10.8. The van der Waals surface area contributed by atoms with Gasteiger partial charge in [-0.2, -0.15) is 0 Å². The van der Waals surface area contributed by atoms with E-state index in [9.17, 15) is 14.4 Å². The molecule has 2 heterocycles. The average molecular weight is 523 g/mol. The number of ether oxygens (including phenoxy) is 1. The third kappa shape index (κ3) is 8.74. The van der Waals surface area contributed by atoms with E-state index in [4.69, 9.17) is 14.0 Å². The highest BCUT2D eigenvalue weighted by Crippen LogP contribution is 2.23. The van der Waals surface area contributed by atoms with Crippen molar-refractivity contribution in [1.29, 1.82) is 0 Å². The van der Waals surface area contributed by atoms with E-state index >= 15 is 0 Å². The Morgan fingerprint density at radius 3 is 2.66 bits per heavy atom. The Morgan fingerprint density at radius 2 is 1.92 bits per heavy atom. The fourth-order valence-electron chi connectivity index (χ4n) is 3.73. The number of amides is 3. The zero-order valence-electron chi connectivity index (χ0n) is 21.7. The van der Waals surface area contributed by atoms with E-state index in [0.717, 1.165) is 29.9 Å². The van der Waals surface area contributed by atoms with Gasteiger partial charge in [0.25, 0.3) is 5.91 Å². The first-order chi connectivity index (χ1) is 18.5. The van der Waals surface area contributed by atoms with Gasteiger partial charge in [-0.15, -0.1) is 0 Å². The number of hydrogen-bond acceptors (Lipinski definition) is 7. The average Bonchev–Trinajstić information content (AvgIpc) is 3.45. The van der Waals surface area contributed by atoms with E-state index in [0.29, 0.717) is 30.0 Å². The molecule has 2 aromatic heterocycles. The Balaban J connectivity index is 1.52. The summed E-state index contributed by atoms with van der Waals surface area (Å²) in [5.74, 6) is -0.140. The van der Waals surface area contributed by atoms with Crippen LogP contribution in [0.3, 0.4) is 0 Å². The minimum atomic E-state index is -0.492. The van der Waals surface area contributed by atoms with Crippen molar-refractivity contribution in [2.75, 3.05) is 20.3 Å². The summed E-state index contributed by atoms with van der Waals surface area (Å²) in [4.78, 5) is 46.9. The fourth-order valence-corrected chi connectivity index (χ4v) is 3.73. The Morgan fingerprint density at radius 1 is 1.11 bits per heavy atom. The predicted molar refractivity (Wildman–Crippen MR) is 141 cm³/mol. The zero-order valence-corrected chi connectivity index (χ0v) is 21.7. The van der Waals surface area contributed by atoms with Crippen LogP contribution in [0.4, 0.5) is 0 Å². The monoisotopic (exact) mass is 522 g/mol. The molecule has 0 radical (unpaired) electrons. The molecule has 3 aromatic rings. The van der Waals surface area contributed by atoms with Crippen molar-refractivity contribution < 1.29 is 28.4 Å². The van der Waals surface area contributed by atoms with Crippen LogP contribution in [-0.4, -0.2) is 48.6 Å². The Hall–Kier alpha value is -4.18. The number of nitrogens with one attached hydrogen (secondary N) is 2. The van der Waals surface area contributed by atoms with Gasteiger partial charge in [-0.05, 0) is 30.2 Å². The number of hydroxylamine groups is 2. The van der Waals surface area contributed by atoms with Crippen LogP contribution in [0, 0.1) is 5.92 Å². The van der Waals surface area contributed by atoms with Crippen molar-refractivity contribution in [2.24, 2.45) is 5.92 Å². The second kappa shape index (κ2) is 15.2. The number of benzene rings is 1. The number of pyridine rings is 1. The van der Waals surface area contributed by atoms with Crippen LogP contribution < -0.4 is 15.4 Å². The zero-order chi connectivity index (χ0) is 27.2. The molecule has 0 fully saturated rings. The molecular formula is C28H34N4O6. The van der Waals surface area contributed by atoms with Crippen LogP contribution in [0.15, 0.2) is 65.2 Å². The lowest BCUT2D eigenvalue weighted by molar-refractivity contribution is -0.182. The van der Waals surface area contributed by atoms with Gasteiger partial charge in [-0.3, -0.25) is 24.2 Å². The van der Waals surface area contributed by atoms with Crippen LogP contribution in [-0.2, 0) is 21.0 Å². The molecule has 10 heteroatoms. The third-order valence-corrected chi connectivity index (χ3v) is 5.85. The molecule has 0 aliphatic rings. The molecule has 0 saturated heterocycles. The van der Waals surface area contributed by atoms with Gasteiger partial charge >= 0.3 is 0 Å². The highest BCUT2D eigenvalue weighted by Gasteiger charge is 2.22. The number of methoxy groups -OCH3 is 1. The largest absolute Gasteiger partial charge is 0.497 e. The Kier molecular flexibility index (Phi) is 11.3. The van der Waals surface area contributed by atoms with Crippen molar-refractivity contribution in [3.8, 4) is 17.2 Å². The van der Waals surface area contributed by atoms with E-state index in [1.807, 2.05) is 30.3 Å². The molecule has 1 atom stereocenters. The highest BCUT2D eigenvalue weighted by molar-refractivity contribution is 5.92. The lowest BCUT2D eigenvalue weighted by Gasteiger charge is -2.23.